The molecule has 0 amide bonds. The van der Waals surface area contributed by atoms with Crippen LogP contribution in [-0.2, 0) is 14.8 Å². The Morgan fingerprint density at radius 1 is 1.60 bits per heavy atom. The Labute approximate surface area is 89.1 Å². The van der Waals surface area contributed by atoms with Crippen molar-refractivity contribution in [3.05, 3.63) is 11.8 Å². The van der Waals surface area contributed by atoms with Crippen LogP contribution in [0.15, 0.2) is 6.07 Å². The van der Waals surface area contributed by atoms with Crippen LogP contribution < -0.4 is 4.72 Å². The summed E-state index contributed by atoms with van der Waals surface area (Å²) >= 11 is 0. The van der Waals surface area contributed by atoms with E-state index in [0.717, 1.165) is 5.69 Å². The highest BCUT2D eigenvalue weighted by Crippen LogP contribution is 2.07. The summed E-state index contributed by atoms with van der Waals surface area (Å²) in [6, 6.07) is 1.63. The number of rotatable bonds is 6. The molecule has 6 nitrogen and oxygen atoms in total. The van der Waals surface area contributed by atoms with E-state index >= 15 is 0 Å². The van der Waals surface area contributed by atoms with Crippen molar-refractivity contribution in [1.29, 1.82) is 0 Å². The zero-order valence-electron chi connectivity index (χ0n) is 8.78. The molecule has 1 rings (SSSR count). The van der Waals surface area contributed by atoms with E-state index in [9.17, 15) is 8.42 Å². The quantitative estimate of drug-likeness (QED) is 0.701. The third-order valence-electron chi connectivity index (χ3n) is 1.73. The van der Waals surface area contributed by atoms with Gasteiger partial charge in [-0.05, 0) is 13.3 Å². The first-order chi connectivity index (χ1) is 7.03. The van der Waals surface area contributed by atoms with Crippen molar-refractivity contribution in [3.8, 4) is 0 Å². The van der Waals surface area contributed by atoms with Gasteiger partial charge in [0.1, 0.15) is 0 Å². The molecule has 0 fully saturated rings. The molecule has 1 heterocycles. The Morgan fingerprint density at radius 2 is 2.33 bits per heavy atom. The minimum absolute atomic E-state index is 0.0345. The van der Waals surface area contributed by atoms with Crippen LogP contribution in [0.5, 0.6) is 0 Å². The summed E-state index contributed by atoms with van der Waals surface area (Å²) < 4.78 is 30.1. The molecule has 0 saturated carbocycles. The summed E-state index contributed by atoms with van der Waals surface area (Å²) in [6.45, 7) is 2.23. The van der Waals surface area contributed by atoms with Crippen LogP contribution in [0.25, 0.3) is 0 Å². The lowest BCUT2D eigenvalue weighted by molar-refractivity contribution is 0.199. The molecule has 0 radical (unpaired) electrons. The molecule has 15 heavy (non-hydrogen) atoms. The van der Waals surface area contributed by atoms with Gasteiger partial charge in [0, 0.05) is 25.5 Å². The lowest BCUT2D eigenvalue weighted by atomic mass is 10.5. The number of methoxy groups -OCH3 is 1. The van der Waals surface area contributed by atoms with Gasteiger partial charge in [-0.15, -0.1) is 0 Å². The predicted octanol–water partition coefficient (Wildman–Crippen LogP) is 0.496. The fourth-order valence-electron chi connectivity index (χ4n) is 1.07. The molecule has 2 N–H and O–H groups in total. The van der Waals surface area contributed by atoms with E-state index < -0.39 is 10.0 Å². The van der Waals surface area contributed by atoms with Gasteiger partial charge in [0.15, 0.2) is 5.82 Å². The van der Waals surface area contributed by atoms with Crippen LogP contribution in [0.4, 0.5) is 5.82 Å². The molecule has 0 aliphatic carbocycles. The predicted molar refractivity (Wildman–Crippen MR) is 57.2 cm³/mol. The first kappa shape index (κ1) is 12.0. The van der Waals surface area contributed by atoms with E-state index in [2.05, 4.69) is 14.9 Å². The van der Waals surface area contributed by atoms with E-state index in [1.54, 1.807) is 13.0 Å². The maximum atomic E-state index is 11.5. The Kier molecular flexibility index (Phi) is 4.10. The van der Waals surface area contributed by atoms with Crippen molar-refractivity contribution in [3.63, 3.8) is 0 Å². The van der Waals surface area contributed by atoms with Crippen molar-refractivity contribution in [2.75, 3.05) is 24.2 Å². The smallest absolute Gasteiger partial charge is 0.234 e. The first-order valence-corrected chi connectivity index (χ1v) is 6.20. The van der Waals surface area contributed by atoms with Crippen LogP contribution >= 0.6 is 0 Å². The van der Waals surface area contributed by atoms with Crippen molar-refractivity contribution >= 4 is 15.8 Å². The number of aryl methyl sites for hydroxylation is 1. The highest BCUT2D eigenvalue weighted by molar-refractivity contribution is 7.92. The Morgan fingerprint density at radius 3 is 2.87 bits per heavy atom. The lowest BCUT2D eigenvalue weighted by Crippen LogP contribution is -2.17. The second-order valence-electron chi connectivity index (χ2n) is 3.20. The Balaban J connectivity index is 2.49. The molecule has 0 aliphatic heterocycles. The fraction of sp³-hybridized carbons (Fsp3) is 0.625. The van der Waals surface area contributed by atoms with Crippen molar-refractivity contribution in [2.45, 2.75) is 13.3 Å². The molecule has 0 atom stereocenters. The highest BCUT2D eigenvalue weighted by Gasteiger charge is 2.11. The first-order valence-electron chi connectivity index (χ1n) is 4.55. The number of anilines is 1. The van der Waals surface area contributed by atoms with Crippen LogP contribution in [0.1, 0.15) is 12.1 Å². The number of sulfonamides is 1. The molecule has 7 heteroatoms. The summed E-state index contributed by atoms with van der Waals surface area (Å²) in [5, 5.41) is 6.44. The van der Waals surface area contributed by atoms with Gasteiger partial charge in [-0.25, -0.2) is 8.42 Å². The number of hydrogen-bond acceptors (Lipinski definition) is 4. The third-order valence-corrected chi connectivity index (χ3v) is 3.07. The zero-order valence-corrected chi connectivity index (χ0v) is 9.60. The molecule has 1 aromatic rings. The number of ether oxygens (including phenoxy) is 1. The zero-order chi connectivity index (χ0) is 11.3. The van der Waals surface area contributed by atoms with E-state index in [-0.39, 0.29) is 5.75 Å². The van der Waals surface area contributed by atoms with Gasteiger partial charge in [-0.3, -0.25) is 9.82 Å². The van der Waals surface area contributed by atoms with Gasteiger partial charge >= 0.3 is 0 Å². The maximum absolute atomic E-state index is 11.5. The van der Waals surface area contributed by atoms with Crippen LogP contribution in [0.2, 0.25) is 0 Å². The molecule has 0 aromatic carbocycles. The molecule has 0 bridgehead atoms. The number of aromatic amines is 1. The average molecular weight is 233 g/mol. The second-order valence-corrected chi connectivity index (χ2v) is 5.05. The summed E-state index contributed by atoms with van der Waals surface area (Å²) in [6.07, 6.45) is 0.467. The van der Waals surface area contributed by atoms with Crippen LogP contribution in [0, 0.1) is 6.92 Å². The molecule has 86 valence electrons. The minimum Gasteiger partial charge on any atom is -0.385 e. The highest BCUT2D eigenvalue weighted by atomic mass is 32.2. The normalized spacial score (nSPS) is 11.6. The summed E-state index contributed by atoms with van der Waals surface area (Å²) in [5.74, 6) is 0.358. The standard InChI is InChI=1S/C8H15N3O3S/c1-7-6-8(10-9-7)11-15(12,13)5-3-4-14-2/h6H,3-5H2,1-2H3,(H2,9,10,11). The van der Waals surface area contributed by atoms with E-state index in [0.29, 0.717) is 18.8 Å². The third kappa shape index (κ3) is 4.30. The number of nitrogens with one attached hydrogen (secondary N) is 2. The van der Waals surface area contributed by atoms with Gasteiger partial charge in [0.2, 0.25) is 10.0 Å². The Hall–Kier alpha value is -1.08. The molecular weight excluding hydrogens is 218 g/mol. The van der Waals surface area contributed by atoms with Gasteiger partial charge in [-0.2, -0.15) is 5.10 Å². The van der Waals surface area contributed by atoms with Crippen molar-refractivity contribution in [2.24, 2.45) is 0 Å². The SMILES string of the molecule is COCCCS(=O)(=O)Nc1cc(C)[nH]n1. The van der Waals surface area contributed by atoms with Gasteiger partial charge in [0.25, 0.3) is 0 Å². The van der Waals surface area contributed by atoms with Gasteiger partial charge in [0.05, 0.1) is 5.75 Å². The van der Waals surface area contributed by atoms with E-state index in [4.69, 9.17) is 4.74 Å². The fourth-order valence-corrected chi connectivity index (χ4v) is 2.10. The molecule has 0 unspecified atom stereocenters. The van der Waals surface area contributed by atoms with Crippen molar-refractivity contribution in [1.82, 2.24) is 10.2 Å². The summed E-state index contributed by atoms with van der Waals surface area (Å²) in [4.78, 5) is 0. The Bertz CT molecular complexity index is 399. The van der Waals surface area contributed by atoms with Crippen molar-refractivity contribution < 1.29 is 13.2 Å². The van der Waals surface area contributed by atoms with Gasteiger partial charge < -0.3 is 4.74 Å². The number of aromatic nitrogens is 2. The largest absolute Gasteiger partial charge is 0.385 e. The summed E-state index contributed by atoms with van der Waals surface area (Å²) in [5.41, 5.74) is 0.810. The lowest BCUT2D eigenvalue weighted by Gasteiger charge is -2.04. The summed E-state index contributed by atoms with van der Waals surface area (Å²) in [7, 11) is -1.77. The molecule has 0 saturated heterocycles. The molecule has 1 aromatic heterocycles. The number of H-pyrrole nitrogens is 1. The maximum Gasteiger partial charge on any atom is 0.234 e. The molecular formula is C8H15N3O3S. The van der Waals surface area contributed by atoms with E-state index in [1.807, 2.05) is 0 Å². The minimum atomic E-state index is -3.31. The van der Waals surface area contributed by atoms with Crippen LogP contribution in [0.3, 0.4) is 0 Å². The monoisotopic (exact) mass is 233 g/mol. The molecule has 0 spiro atoms. The number of hydrogen-bond donors (Lipinski definition) is 2. The second kappa shape index (κ2) is 5.13. The van der Waals surface area contributed by atoms with Crippen LogP contribution in [-0.4, -0.2) is 38.1 Å². The average Bonchev–Trinajstić information content (AvgIpc) is 2.50. The van der Waals surface area contributed by atoms with Gasteiger partial charge in [-0.1, -0.05) is 0 Å². The molecule has 0 aliphatic rings. The topological polar surface area (TPSA) is 84.1 Å². The number of nitrogens with zero attached hydrogens (tertiary/aromatic N) is 1. The van der Waals surface area contributed by atoms with E-state index in [1.165, 1.54) is 7.11 Å².